The van der Waals surface area contributed by atoms with Gasteiger partial charge in [-0.15, -0.1) is 0 Å². The summed E-state index contributed by atoms with van der Waals surface area (Å²) in [7, 11) is 0. The zero-order chi connectivity index (χ0) is 9.84. The number of anilines is 1. The van der Waals surface area contributed by atoms with E-state index in [2.05, 4.69) is 5.32 Å². The topological polar surface area (TPSA) is 29.1 Å². The lowest BCUT2D eigenvalue weighted by Crippen LogP contribution is -2.11. The average molecular weight is 181 g/mol. The zero-order valence-electron chi connectivity index (χ0n) is 7.67. The molecule has 13 heavy (non-hydrogen) atoms. The molecule has 1 aromatic carbocycles. The molecule has 0 amide bonds. The van der Waals surface area contributed by atoms with Crippen LogP contribution in [0.15, 0.2) is 18.2 Å². The summed E-state index contributed by atoms with van der Waals surface area (Å²) in [6.07, 6.45) is 0.528. The Labute approximate surface area is 76.8 Å². The molecule has 0 atom stereocenters. The van der Waals surface area contributed by atoms with Crippen molar-refractivity contribution in [1.82, 2.24) is 0 Å². The number of aldehydes is 1. The molecule has 0 saturated heterocycles. The van der Waals surface area contributed by atoms with E-state index in [0.717, 1.165) is 0 Å². The minimum Gasteiger partial charge on any atom is -0.382 e. The monoisotopic (exact) mass is 181 g/mol. The van der Waals surface area contributed by atoms with Gasteiger partial charge >= 0.3 is 0 Å². The smallest absolute Gasteiger partial charge is 0.155 e. The van der Waals surface area contributed by atoms with Gasteiger partial charge in [0.2, 0.25) is 0 Å². The molecule has 0 aliphatic rings. The van der Waals surface area contributed by atoms with E-state index in [1.54, 1.807) is 12.1 Å². The van der Waals surface area contributed by atoms with E-state index < -0.39 is 5.82 Å². The van der Waals surface area contributed by atoms with Crippen molar-refractivity contribution in [2.75, 3.05) is 5.32 Å². The van der Waals surface area contributed by atoms with Crippen molar-refractivity contribution in [3.63, 3.8) is 0 Å². The summed E-state index contributed by atoms with van der Waals surface area (Å²) in [5, 5.41) is 2.99. The predicted molar refractivity (Wildman–Crippen MR) is 50.5 cm³/mol. The highest BCUT2D eigenvalue weighted by atomic mass is 19.1. The van der Waals surface area contributed by atoms with Crippen LogP contribution in [0.3, 0.4) is 0 Å². The molecular weight excluding hydrogens is 169 g/mol. The standard InChI is InChI=1S/C10H12FNO/c1-7(2)12-10-5-3-4-9(11)8(10)6-13/h3-7,12H,1-2H3. The molecule has 3 heteroatoms. The first-order chi connectivity index (χ1) is 6.15. The Kier molecular flexibility index (Phi) is 3.01. The Bertz CT molecular complexity index is 310. The molecule has 70 valence electrons. The Morgan fingerprint density at radius 2 is 2.15 bits per heavy atom. The third-order valence-corrected chi connectivity index (χ3v) is 1.61. The highest BCUT2D eigenvalue weighted by Crippen LogP contribution is 2.17. The molecule has 0 heterocycles. The van der Waals surface area contributed by atoms with Gasteiger partial charge in [0.25, 0.3) is 0 Å². The second-order valence-corrected chi connectivity index (χ2v) is 3.12. The molecule has 0 spiro atoms. The van der Waals surface area contributed by atoms with E-state index in [0.29, 0.717) is 12.0 Å². The normalized spacial score (nSPS) is 10.2. The molecule has 1 N–H and O–H groups in total. The number of carbonyl (C=O) groups excluding carboxylic acids is 1. The fourth-order valence-electron chi connectivity index (χ4n) is 1.09. The maximum absolute atomic E-state index is 13.0. The van der Waals surface area contributed by atoms with Gasteiger partial charge in [-0.25, -0.2) is 4.39 Å². The van der Waals surface area contributed by atoms with Crippen LogP contribution in [-0.4, -0.2) is 12.3 Å². The molecular formula is C10H12FNO. The van der Waals surface area contributed by atoms with Gasteiger partial charge in [0.05, 0.1) is 5.56 Å². The van der Waals surface area contributed by atoms with Gasteiger partial charge in [-0.3, -0.25) is 4.79 Å². The first-order valence-electron chi connectivity index (χ1n) is 4.15. The maximum Gasteiger partial charge on any atom is 0.155 e. The van der Waals surface area contributed by atoms with Crippen molar-refractivity contribution in [3.8, 4) is 0 Å². The summed E-state index contributed by atoms with van der Waals surface area (Å²) in [5.74, 6) is -0.486. The first-order valence-corrected chi connectivity index (χ1v) is 4.15. The lowest BCUT2D eigenvalue weighted by Gasteiger charge is -2.11. The number of halogens is 1. The van der Waals surface area contributed by atoms with E-state index in [9.17, 15) is 9.18 Å². The molecule has 0 aliphatic heterocycles. The van der Waals surface area contributed by atoms with Crippen molar-refractivity contribution in [1.29, 1.82) is 0 Å². The molecule has 0 aliphatic carbocycles. The van der Waals surface area contributed by atoms with Crippen LogP contribution in [-0.2, 0) is 0 Å². The fraction of sp³-hybridized carbons (Fsp3) is 0.300. The third-order valence-electron chi connectivity index (χ3n) is 1.61. The van der Waals surface area contributed by atoms with E-state index >= 15 is 0 Å². The van der Waals surface area contributed by atoms with Gasteiger partial charge < -0.3 is 5.32 Å². The van der Waals surface area contributed by atoms with Crippen molar-refractivity contribution in [2.24, 2.45) is 0 Å². The molecule has 1 aromatic rings. The van der Waals surface area contributed by atoms with E-state index in [1.165, 1.54) is 6.07 Å². The second-order valence-electron chi connectivity index (χ2n) is 3.12. The third kappa shape index (κ3) is 2.28. The van der Waals surface area contributed by atoms with Crippen LogP contribution in [0.1, 0.15) is 24.2 Å². The molecule has 0 saturated carbocycles. The van der Waals surface area contributed by atoms with Crippen molar-refractivity contribution >= 4 is 12.0 Å². The van der Waals surface area contributed by atoms with Crippen LogP contribution in [0.25, 0.3) is 0 Å². The van der Waals surface area contributed by atoms with Crippen LogP contribution in [0.4, 0.5) is 10.1 Å². The molecule has 0 unspecified atom stereocenters. The number of carbonyl (C=O) groups is 1. The number of benzene rings is 1. The molecule has 1 rings (SSSR count). The quantitative estimate of drug-likeness (QED) is 0.726. The summed E-state index contributed by atoms with van der Waals surface area (Å²) < 4.78 is 13.0. The lowest BCUT2D eigenvalue weighted by molar-refractivity contribution is 0.112. The minimum absolute atomic E-state index is 0.0937. The molecule has 0 fully saturated rings. The highest BCUT2D eigenvalue weighted by molar-refractivity contribution is 5.84. The Balaban J connectivity index is 3.05. The van der Waals surface area contributed by atoms with E-state index in [4.69, 9.17) is 0 Å². The number of hydrogen-bond donors (Lipinski definition) is 1. The molecule has 0 aromatic heterocycles. The summed E-state index contributed by atoms with van der Waals surface area (Å²) in [6.45, 7) is 3.86. The number of nitrogens with one attached hydrogen (secondary N) is 1. The number of rotatable bonds is 3. The maximum atomic E-state index is 13.0. The van der Waals surface area contributed by atoms with Gasteiger partial charge in [-0.1, -0.05) is 6.07 Å². The molecule has 2 nitrogen and oxygen atoms in total. The highest BCUT2D eigenvalue weighted by Gasteiger charge is 2.07. The average Bonchev–Trinajstić information content (AvgIpc) is 2.03. The largest absolute Gasteiger partial charge is 0.382 e. The lowest BCUT2D eigenvalue weighted by atomic mass is 10.1. The van der Waals surface area contributed by atoms with Crippen molar-refractivity contribution < 1.29 is 9.18 Å². The van der Waals surface area contributed by atoms with Gasteiger partial charge in [-0.2, -0.15) is 0 Å². The predicted octanol–water partition coefficient (Wildman–Crippen LogP) is 2.46. The fourth-order valence-corrected chi connectivity index (χ4v) is 1.09. The molecule has 0 bridgehead atoms. The van der Waals surface area contributed by atoms with Crippen LogP contribution >= 0.6 is 0 Å². The first kappa shape index (κ1) is 9.71. The van der Waals surface area contributed by atoms with Crippen LogP contribution in [0.5, 0.6) is 0 Å². The van der Waals surface area contributed by atoms with Crippen molar-refractivity contribution in [3.05, 3.63) is 29.6 Å². The Morgan fingerprint density at radius 1 is 1.46 bits per heavy atom. The summed E-state index contributed by atoms with van der Waals surface area (Å²) >= 11 is 0. The SMILES string of the molecule is CC(C)Nc1cccc(F)c1C=O. The Morgan fingerprint density at radius 3 is 2.69 bits per heavy atom. The van der Waals surface area contributed by atoms with Gasteiger partial charge in [0.1, 0.15) is 5.82 Å². The van der Waals surface area contributed by atoms with Crippen LogP contribution < -0.4 is 5.32 Å². The van der Waals surface area contributed by atoms with Crippen molar-refractivity contribution in [2.45, 2.75) is 19.9 Å². The summed E-state index contributed by atoms with van der Waals surface area (Å²) in [4.78, 5) is 10.5. The van der Waals surface area contributed by atoms with Gasteiger partial charge in [-0.05, 0) is 26.0 Å². The van der Waals surface area contributed by atoms with Crippen LogP contribution in [0, 0.1) is 5.82 Å². The van der Waals surface area contributed by atoms with Crippen LogP contribution in [0.2, 0.25) is 0 Å². The van der Waals surface area contributed by atoms with Gasteiger partial charge in [0.15, 0.2) is 6.29 Å². The Hall–Kier alpha value is -1.38. The van der Waals surface area contributed by atoms with Gasteiger partial charge in [0, 0.05) is 11.7 Å². The second kappa shape index (κ2) is 4.03. The molecule has 0 radical (unpaired) electrons. The summed E-state index contributed by atoms with van der Waals surface area (Å²) in [5.41, 5.74) is 0.640. The van der Waals surface area contributed by atoms with E-state index in [-0.39, 0.29) is 11.6 Å². The minimum atomic E-state index is -0.486. The number of hydrogen-bond acceptors (Lipinski definition) is 2. The van der Waals surface area contributed by atoms with E-state index in [1.807, 2.05) is 13.8 Å². The zero-order valence-corrected chi connectivity index (χ0v) is 7.67. The summed E-state index contributed by atoms with van der Waals surface area (Å²) in [6, 6.07) is 4.72.